The van der Waals surface area contributed by atoms with Crippen LogP contribution in [0.5, 0.6) is 0 Å². The molecule has 0 aromatic carbocycles. The molecular formula is C15H30N2O2. The van der Waals surface area contributed by atoms with Crippen molar-refractivity contribution >= 4 is 5.97 Å². The zero-order chi connectivity index (χ0) is 14.3. The van der Waals surface area contributed by atoms with E-state index in [-0.39, 0.29) is 5.97 Å². The normalized spacial score (nSPS) is 18.4. The van der Waals surface area contributed by atoms with E-state index in [0.717, 1.165) is 44.8 Å². The van der Waals surface area contributed by atoms with E-state index in [0.29, 0.717) is 0 Å². The predicted molar refractivity (Wildman–Crippen MR) is 78.2 cm³/mol. The molecule has 4 nitrogen and oxygen atoms in total. The summed E-state index contributed by atoms with van der Waals surface area (Å²) in [5.74, 6) is -0.142. The van der Waals surface area contributed by atoms with Gasteiger partial charge in [-0.3, -0.25) is 4.79 Å². The van der Waals surface area contributed by atoms with Crippen molar-refractivity contribution in [1.29, 1.82) is 0 Å². The largest absolute Gasteiger partial charge is 0.468 e. The Balaban J connectivity index is 2.28. The van der Waals surface area contributed by atoms with Gasteiger partial charge in [0.25, 0.3) is 0 Å². The van der Waals surface area contributed by atoms with Gasteiger partial charge in [-0.2, -0.15) is 0 Å². The van der Waals surface area contributed by atoms with Crippen molar-refractivity contribution in [1.82, 2.24) is 10.2 Å². The Morgan fingerprint density at radius 1 is 1.42 bits per heavy atom. The molecular weight excluding hydrogens is 240 g/mol. The van der Waals surface area contributed by atoms with Crippen LogP contribution in [0.3, 0.4) is 0 Å². The maximum Gasteiger partial charge on any atom is 0.325 e. The molecule has 0 aromatic rings. The van der Waals surface area contributed by atoms with Crippen LogP contribution in [-0.4, -0.2) is 49.7 Å². The smallest absolute Gasteiger partial charge is 0.325 e. The summed E-state index contributed by atoms with van der Waals surface area (Å²) in [5, 5.41) is 3.33. The van der Waals surface area contributed by atoms with Crippen molar-refractivity contribution in [3.63, 3.8) is 0 Å². The fraction of sp³-hybridized carbons (Fsp3) is 0.933. The standard InChI is InChI=1S/C15H30N2O2/c1-5-11-16-15(2,14(18)19-4)10-6-7-12-17(3)13-8-9-13/h13,16H,5-12H2,1-4H3. The van der Waals surface area contributed by atoms with Gasteiger partial charge < -0.3 is 15.0 Å². The van der Waals surface area contributed by atoms with Crippen molar-refractivity contribution in [2.24, 2.45) is 0 Å². The number of methoxy groups -OCH3 is 1. The first-order valence-electron chi connectivity index (χ1n) is 7.57. The molecule has 0 aliphatic heterocycles. The molecule has 1 unspecified atom stereocenters. The second-order valence-corrected chi connectivity index (χ2v) is 5.92. The molecule has 1 aliphatic carbocycles. The van der Waals surface area contributed by atoms with E-state index in [2.05, 4.69) is 24.2 Å². The molecule has 0 saturated heterocycles. The van der Waals surface area contributed by atoms with Gasteiger partial charge in [-0.25, -0.2) is 0 Å². The Morgan fingerprint density at radius 2 is 2.11 bits per heavy atom. The minimum atomic E-state index is -0.525. The molecule has 1 atom stereocenters. The maximum atomic E-state index is 11.9. The third-order valence-corrected chi connectivity index (χ3v) is 4.01. The van der Waals surface area contributed by atoms with Crippen molar-refractivity contribution in [3.05, 3.63) is 0 Å². The number of carbonyl (C=O) groups is 1. The third-order valence-electron chi connectivity index (χ3n) is 4.01. The number of unbranched alkanes of at least 4 members (excludes halogenated alkanes) is 1. The average molecular weight is 270 g/mol. The number of carbonyl (C=O) groups excluding carboxylic acids is 1. The summed E-state index contributed by atoms with van der Waals surface area (Å²) in [6, 6.07) is 0.824. The van der Waals surface area contributed by atoms with Crippen LogP contribution in [0.2, 0.25) is 0 Å². The van der Waals surface area contributed by atoms with Crippen LogP contribution in [0, 0.1) is 0 Å². The average Bonchev–Trinajstić information content (AvgIpc) is 3.24. The van der Waals surface area contributed by atoms with Crippen LogP contribution in [-0.2, 0) is 9.53 Å². The Hall–Kier alpha value is -0.610. The fourth-order valence-corrected chi connectivity index (χ4v) is 2.43. The summed E-state index contributed by atoms with van der Waals surface area (Å²) in [6.45, 7) is 6.05. The SMILES string of the molecule is CCCNC(C)(CCCCN(C)C1CC1)C(=O)OC. The third kappa shape index (κ3) is 5.49. The Kier molecular flexibility index (Phi) is 6.80. The summed E-state index contributed by atoms with van der Waals surface area (Å²) in [4.78, 5) is 14.3. The molecule has 1 saturated carbocycles. The predicted octanol–water partition coefficient (Wildman–Crippen LogP) is 2.18. The zero-order valence-corrected chi connectivity index (χ0v) is 13.0. The second-order valence-electron chi connectivity index (χ2n) is 5.92. The molecule has 19 heavy (non-hydrogen) atoms. The molecule has 0 amide bonds. The highest BCUT2D eigenvalue weighted by atomic mass is 16.5. The molecule has 1 rings (SSSR count). The van der Waals surface area contributed by atoms with Crippen LogP contribution >= 0.6 is 0 Å². The van der Waals surface area contributed by atoms with Crippen LogP contribution in [0.4, 0.5) is 0 Å². The summed E-state index contributed by atoms with van der Waals surface area (Å²) in [7, 11) is 3.67. The van der Waals surface area contributed by atoms with E-state index in [1.54, 1.807) is 0 Å². The quantitative estimate of drug-likeness (QED) is 0.488. The number of hydrogen-bond acceptors (Lipinski definition) is 4. The molecule has 1 aliphatic rings. The molecule has 4 heteroatoms. The molecule has 0 aromatic heterocycles. The van der Waals surface area contributed by atoms with Gasteiger partial charge in [-0.05, 0) is 65.6 Å². The molecule has 0 radical (unpaired) electrons. The van der Waals surface area contributed by atoms with Gasteiger partial charge in [0.15, 0.2) is 0 Å². The lowest BCUT2D eigenvalue weighted by Crippen LogP contribution is -2.50. The minimum absolute atomic E-state index is 0.142. The molecule has 112 valence electrons. The number of nitrogens with zero attached hydrogens (tertiary/aromatic N) is 1. The van der Waals surface area contributed by atoms with Crippen LogP contribution < -0.4 is 5.32 Å². The van der Waals surface area contributed by atoms with Crippen LogP contribution in [0.1, 0.15) is 52.4 Å². The van der Waals surface area contributed by atoms with E-state index in [4.69, 9.17) is 4.74 Å². The van der Waals surface area contributed by atoms with Gasteiger partial charge in [-0.1, -0.05) is 6.92 Å². The Bertz CT molecular complexity index is 279. The molecule has 0 spiro atoms. The lowest BCUT2D eigenvalue weighted by Gasteiger charge is -2.28. The van der Waals surface area contributed by atoms with Crippen molar-refractivity contribution < 1.29 is 9.53 Å². The summed E-state index contributed by atoms with van der Waals surface area (Å²) in [6.07, 6.45) is 6.78. The van der Waals surface area contributed by atoms with Gasteiger partial charge in [0.05, 0.1) is 7.11 Å². The van der Waals surface area contributed by atoms with E-state index >= 15 is 0 Å². The molecule has 1 fully saturated rings. The number of nitrogens with one attached hydrogen (secondary N) is 1. The maximum absolute atomic E-state index is 11.9. The zero-order valence-electron chi connectivity index (χ0n) is 13.0. The summed E-state index contributed by atoms with van der Waals surface area (Å²) in [5.41, 5.74) is -0.525. The fourth-order valence-electron chi connectivity index (χ4n) is 2.43. The first-order chi connectivity index (χ1) is 9.03. The molecule has 0 heterocycles. The van der Waals surface area contributed by atoms with E-state index < -0.39 is 5.54 Å². The van der Waals surface area contributed by atoms with E-state index in [1.165, 1.54) is 20.0 Å². The topological polar surface area (TPSA) is 41.6 Å². The number of ether oxygens (including phenoxy) is 1. The highest BCUT2D eigenvalue weighted by Crippen LogP contribution is 2.25. The number of rotatable bonds is 10. The summed E-state index contributed by atoms with van der Waals surface area (Å²) >= 11 is 0. The molecule has 0 bridgehead atoms. The Labute approximate surface area is 117 Å². The first kappa shape index (κ1) is 16.4. The van der Waals surface area contributed by atoms with Gasteiger partial charge >= 0.3 is 5.97 Å². The van der Waals surface area contributed by atoms with E-state index in [9.17, 15) is 4.79 Å². The van der Waals surface area contributed by atoms with Gasteiger partial charge in [0.2, 0.25) is 0 Å². The van der Waals surface area contributed by atoms with Gasteiger partial charge in [0, 0.05) is 6.04 Å². The highest BCUT2D eigenvalue weighted by Gasteiger charge is 2.33. The lowest BCUT2D eigenvalue weighted by molar-refractivity contribution is -0.148. The van der Waals surface area contributed by atoms with E-state index in [1.807, 2.05) is 6.92 Å². The summed E-state index contributed by atoms with van der Waals surface area (Å²) < 4.78 is 4.93. The van der Waals surface area contributed by atoms with Crippen molar-refractivity contribution in [3.8, 4) is 0 Å². The van der Waals surface area contributed by atoms with Gasteiger partial charge in [-0.15, -0.1) is 0 Å². The lowest BCUT2D eigenvalue weighted by atomic mass is 9.94. The van der Waals surface area contributed by atoms with Gasteiger partial charge in [0.1, 0.15) is 5.54 Å². The first-order valence-corrected chi connectivity index (χ1v) is 7.57. The number of esters is 1. The Morgan fingerprint density at radius 3 is 2.63 bits per heavy atom. The van der Waals surface area contributed by atoms with Crippen molar-refractivity contribution in [2.45, 2.75) is 64.0 Å². The second kappa shape index (κ2) is 7.85. The van der Waals surface area contributed by atoms with Crippen molar-refractivity contribution in [2.75, 3.05) is 27.2 Å². The monoisotopic (exact) mass is 270 g/mol. The van der Waals surface area contributed by atoms with Crippen LogP contribution in [0.25, 0.3) is 0 Å². The number of hydrogen-bond donors (Lipinski definition) is 1. The van der Waals surface area contributed by atoms with Crippen LogP contribution in [0.15, 0.2) is 0 Å². The molecule has 1 N–H and O–H groups in total. The minimum Gasteiger partial charge on any atom is -0.468 e. The highest BCUT2D eigenvalue weighted by molar-refractivity contribution is 5.80.